The minimum absolute atomic E-state index is 0.226. The Morgan fingerprint density at radius 2 is 2.03 bits per heavy atom. The summed E-state index contributed by atoms with van der Waals surface area (Å²) < 4.78 is 30.9. The van der Waals surface area contributed by atoms with Gasteiger partial charge in [0.15, 0.2) is 0 Å². The highest BCUT2D eigenvalue weighted by Crippen LogP contribution is 2.29. The zero-order chi connectivity index (χ0) is 24.1. The highest BCUT2D eigenvalue weighted by Gasteiger charge is 2.30. The van der Waals surface area contributed by atoms with Gasteiger partial charge in [0.25, 0.3) is 5.91 Å². The minimum Gasteiger partial charge on any atom is -0.370 e. The number of H-pyrrole nitrogens is 1. The Balaban J connectivity index is 1.17. The third-order valence-corrected chi connectivity index (χ3v) is 7.15. The highest BCUT2D eigenvalue weighted by molar-refractivity contribution is 6.06. The largest absolute Gasteiger partial charge is 0.370 e. The number of aryl methyl sites for hydroxylation is 1. The molecule has 1 fully saturated rings. The number of rotatable bonds is 4. The molecule has 6 rings (SSSR count). The summed E-state index contributed by atoms with van der Waals surface area (Å²) in [7, 11) is 0. The molecule has 2 aliphatic heterocycles. The van der Waals surface area contributed by atoms with Crippen molar-refractivity contribution in [1.82, 2.24) is 19.4 Å². The molecule has 180 valence electrons. The van der Waals surface area contributed by atoms with Crippen LogP contribution in [0.1, 0.15) is 28.3 Å². The summed E-state index contributed by atoms with van der Waals surface area (Å²) in [6, 6.07) is 9.49. The van der Waals surface area contributed by atoms with Crippen molar-refractivity contribution in [2.24, 2.45) is 0 Å². The molecule has 2 aromatic heterocycles. The molecule has 0 aliphatic carbocycles. The molecule has 35 heavy (non-hydrogen) atoms. The molecule has 1 saturated heterocycles. The van der Waals surface area contributed by atoms with Crippen molar-refractivity contribution in [3.8, 4) is 0 Å². The number of amides is 1. The summed E-state index contributed by atoms with van der Waals surface area (Å²) in [5.41, 5.74) is 2.75. The third kappa shape index (κ3) is 4.05. The number of hydrogen-bond donors (Lipinski definition) is 2. The van der Waals surface area contributed by atoms with Gasteiger partial charge in [0.05, 0.1) is 12.1 Å². The van der Waals surface area contributed by atoms with E-state index in [2.05, 4.69) is 29.7 Å². The molecule has 0 saturated carbocycles. The van der Waals surface area contributed by atoms with Gasteiger partial charge in [-0.3, -0.25) is 9.69 Å². The number of aromatic amines is 1. The number of imidazole rings is 1. The summed E-state index contributed by atoms with van der Waals surface area (Å²) in [5.74, 6) is -0.174. The molecule has 2 aromatic carbocycles. The molecule has 0 radical (unpaired) electrons. The Kier molecular flexibility index (Phi) is 5.29. The SMILES string of the molecule is Cc1ccc(F)c2cc(C(=O)Nc3cc(F)cc(N4CCC(N5CCn6ccnc6C5)C4)c3)[nH]c12. The van der Waals surface area contributed by atoms with Gasteiger partial charge >= 0.3 is 0 Å². The van der Waals surface area contributed by atoms with E-state index >= 15 is 0 Å². The average molecular weight is 477 g/mol. The van der Waals surface area contributed by atoms with Crippen LogP contribution in [0.4, 0.5) is 20.2 Å². The van der Waals surface area contributed by atoms with Gasteiger partial charge < -0.3 is 19.8 Å². The highest BCUT2D eigenvalue weighted by atomic mass is 19.1. The predicted molar refractivity (Wildman–Crippen MR) is 131 cm³/mol. The van der Waals surface area contributed by atoms with Crippen LogP contribution in [0.15, 0.2) is 48.8 Å². The minimum atomic E-state index is -0.445. The summed E-state index contributed by atoms with van der Waals surface area (Å²) in [4.78, 5) is 24.9. The second kappa shape index (κ2) is 8.49. The van der Waals surface area contributed by atoms with Gasteiger partial charge in [-0.15, -0.1) is 0 Å². The molecule has 4 heterocycles. The maximum Gasteiger partial charge on any atom is 0.272 e. The lowest BCUT2D eigenvalue weighted by atomic mass is 10.1. The van der Waals surface area contributed by atoms with Crippen LogP contribution in [0.5, 0.6) is 0 Å². The topological polar surface area (TPSA) is 69.2 Å². The number of benzene rings is 2. The normalized spacial score (nSPS) is 18.3. The van der Waals surface area contributed by atoms with Crippen LogP contribution < -0.4 is 10.2 Å². The average Bonchev–Trinajstić information content (AvgIpc) is 3.60. The van der Waals surface area contributed by atoms with Crippen molar-refractivity contribution < 1.29 is 13.6 Å². The standard InChI is InChI=1S/C26H26F2N6O/c1-16-2-3-22(28)21-13-23(31-25(16)21)26(35)30-18-10-17(27)11-20(12-18)33-6-4-19(14-33)34-9-8-32-7-5-29-24(32)15-34/h2-3,5,7,10-13,19,31H,4,6,8-9,14-15H2,1H3,(H,30,35). The number of anilines is 2. The maximum absolute atomic E-state index is 14.5. The van der Waals surface area contributed by atoms with E-state index in [9.17, 15) is 13.6 Å². The molecule has 4 aromatic rings. The lowest BCUT2D eigenvalue weighted by Crippen LogP contribution is -2.42. The molecule has 1 amide bonds. The molecular weight excluding hydrogens is 450 g/mol. The number of hydrogen-bond acceptors (Lipinski definition) is 4. The lowest BCUT2D eigenvalue weighted by Gasteiger charge is -2.32. The van der Waals surface area contributed by atoms with E-state index in [1.807, 2.05) is 19.3 Å². The summed E-state index contributed by atoms with van der Waals surface area (Å²) in [6.07, 6.45) is 4.85. The van der Waals surface area contributed by atoms with Crippen LogP contribution in [-0.4, -0.2) is 51.0 Å². The number of halogens is 2. The van der Waals surface area contributed by atoms with Gasteiger partial charge in [0, 0.05) is 61.4 Å². The molecule has 7 nitrogen and oxygen atoms in total. The predicted octanol–water partition coefficient (Wildman–Crippen LogP) is 4.30. The van der Waals surface area contributed by atoms with Gasteiger partial charge in [-0.05, 0) is 49.2 Å². The van der Waals surface area contributed by atoms with Gasteiger partial charge in [0.1, 0.15) is 23.2 Å². The molecule has 2 aliphatic rings. The number of nitrogens with one attached hydrogen (secondary N) is 2. The fraction of sp³-hybridized carbons (Fsp3) is 0.308. The van der Waals surface area contributed by atoms with Gasteiger partial charge in [0.2, 0.25) is 0 Å². The molecule has 1 atom stereocenters. The van der Waals surface area contributed by atoms with Crippen molar-refractivity contribution in [1.29, 1.82) is 0 Å². The monoisotopic (exact) mass is 476 g/mol. The fourth-order valence-electron chi connectivity index (χ4n) is 5.25. The number of nitrogens with zero attached hydrogens (tertiary/aromatic N) is 4. The molecule has 0 spiro atoms. The van der Waals surface area contributed by atoms with E-state index < -0.39 is 17.5 Å². The summed E-state index contributed by atoms with van der Waals surface area (Å²) in [6.45, 7) is 6.17. The first-order chi connectivity index (χ1) is 16.9. The Morgan fingerprint density at radius 3 is 2.89 bits per heavy atom. The maximum atomic E-state index is 14.5. The van der Waals surface area contributed by atoms with Gasteiger partial charge in [-0.1, -0.05) is 6.07 Å². The second-order valence-electron chi connectivity index (χ2n) is 9.38. The van der Waals surface area contributed by atoms with E-state index in [0.29, 0.717) is 22.6 Å². The molecule has 9 heteroatoms. The number of fused-ring (bicyclic) bond motifs is 2. The first-order valence-corrected chi connectivity index (χ1v) is 11.8. The Bertz CT molecular complexity index is 1390. The van der Waals surface area contributed by atoms with E-state index in [0.717, 1.165) is 56.2 Å². The smallest absolute Gasteiger partial charge is 0.272 e. The first-order valence-electron chi connectivity index (χ1n) is 11.8. The summed E-state index contributed by atoms with van der Waals surface area (Å²) >= 11 is 0. The van der Waals surface area contributed by atoms with Crippen LogP contribution in [0.25, 0.3) is 10.9 Å². The molecule has 0 bridgehead atoms. The van der Waals surface area contributed by atoms with E-state index in [1.54, 1.807) is 12.1 Å². The zero-order valence-corrected chi connectivity index (χ0v) is 19.4. The fourth-order valence-corrected chi connectivity index (χ4v) is 5.25. The van der Waals surface area contributed by atoms with Crippen molar-refractivity contribution >= 4 is 28.2 Å². The van der Waals surface area contributed by atoms with E-state index in [1.165, 1.54) is 24.3 Å². The van der Waals surface area contributed by atoms with Gasteiger partial charge in [-0.25, -0.2) is 13.8 Å². The van der Waals surface area contributed by atoms with E-state index in [4.69, 9.17) is 0 Å². The number of aromatic nitrogens is 3. The Hall–Kier alpha value is -3.72. The lowest BCUT2D eigenvalue weighted by molar-refractivity contribution is 0.102. The van der Waals surface area contributed by atoms with Gasteiger partial charge in [-0.2, -0.15) is 0 Å². The second-order valence-corrected chi connectivity index (χ2v) is 9.38. The molecule has 2 N–H and O–H groups in total. The first kappa shape index (κ1) is 21.8. The van der Waals surface area contributed by atoms with Crippen molar-refractivity contribution in [2.45, 2.75) is 32.5 Å². The number of carbonyl (C=O) groups excluding carboxylic acids is 1. The van der Waals surface area contributed by atoms with Crippen LogP contribution in [0, 0.1) is 18.6 Å². The van der Waals surface area contributed by atoms with Crippen LogP contribution >= 0.6 is 0 Å². The Morgan fingerprint density at radius 1 is 1.14 bits per heavy atom. The number of carbonyl (C=O) groups is 1. The van der Waals surface area contributed by atoms with Crippen LogP contribution in [-0.2, 0) is 13.1 Å². The van der Waals surface area contributed by atoms with Crippen LogP contribution in [0.2, 0.25) is 0 Å². The van der Waals surface area contributed by atoms with E-state index in [-0.39, 0.29) is 5.69 Å². The quantitative estimate of drug-likeness (QED) is 0.461. The summed E-state index contributed by atoms with van der Waals surface area (Å²) in [5, 5.41) is 3.12. The molecular formula is C26H26F2N6O. The van der Waals surface area contributed by atoms with Crippen molar-refractivity contribution in [2.75, 3.05) is 29.9 Å². The molecule has 1 unspecified atom stereocenters. The van der Waals surface area contributed by atoms with Crippen molar-refractivity contribution in [3.63, 3.8) is 0 Å². The third-order valence-electron chi connectivity index (χ3n) is 7.15. The van der Waals surface area contributed by atoms with Crippen LogP contribution in [0.3, 0.4) is 0 Å². The Labute approximate surface area is 201 Å². The van der Waals surface area contributed by atoms with Crippen molar-refractivity contribution in [3.05, 3.63) is 77.5 Å². The zero-order valence-electron chi connectivity index (χ0n) is 19.4.